The van der Waals surface area contributed by atoms with Gasteiger partial charge in [-0.25, -0.2) is 0 Å². The van der Waals surface area contributed by atoms with Gasteiger partial charge in [0.05, 0.1) is 13.2 Å². The van der Waals surface area contributed by atoms with Gasteiger partial charge in [-0.05, 0) is 43.9 Å². The van der Waals surface area contributed by atoms with Gasteiger partial charge in [-0.15, -0.1) is 0 Å². The van der Waals surface area contributed by atoms with Gasteiger partial charge in [0, 0.05) is 37.8 Å². The van der Waals surface area contributed by atoms with Crippen LogP contribution in [0, 0.1) is 0 Å². The number of carbonyl (C=O) groups excluding carboxylic acids is 1. The normalized spacial score (nSPS) is 22.4. The summed E-state index contributed by atoms with van der Waals surface area (Å²) in [6.45, 7) is 5.55. The Morgan fingerprint density at radius 2 is 2.00 bits per heavy atom. The third-order valence-electron chi connectivity index (χ3n) is 5.33. The van der Waals surface area contributed by atoms with Crippen molar-refractivity contribution in [2.24, 2.45) is 0 Å². The molecule has 0 unspecified atom stereocenters. The summed E-state index contributed by atoms with van der Waals surface area (Å²) in [6, 6.07) is 5.89. The van der Waals surface area contributed by atoms with Gasteiger partial charge in [-0.2, -0.15) is 15.4 Å². The zero-order valence-electron chi connectivity index (χ0n) is 14.5. The Morgan fingerprint density at radius 3 is 2.88 bits per heavy atom. The van der Waals surface area contributed by atoms with E-state index < -0.39 is 0 Å². The molecule has 7 heteroatoms. The van der Waals surface area contributed by atoms with Crippen LogP contribution in [0.3, 0.4) is 0 Å². The van der Waals surface area contributed by atoms with Crippen molar-refractivity contribution in [3.8, 4) is 0 Å². The fourth-order valence-corrected chi connectivity index (χ4v) is 3.86. The Labute approximate surface area is 147 Å². The standard InChI is InChI=1S/C18H25N5O2/c24-18(14-4-5-16-17(13-14)20-21-19-16)23-7-2-1-3-15(23)6-8-22-9-11-25-12-10-22/h4-5,13,15H,1-3,6-12H2,(H,19,20,21)/t15-/m1/s1. The van der Waals surface area contributed by atoms with Crippen LogP contribution in [-0.2, 0) is 4.74 Å². The zero-order valence-corrected chi connectivity index (χ0v) is 14.5. The van der Waals surface area contributed by atoms with Gasteiger partial charge in [-0.3, -0.25) is 9.69 Å². The van der Waals surface area contributed by atoms with E-state index in [2.05, 4.69) is 25.2 Å². The number of hydrogen-bond donors (Lipinski definition) is 1. The largest absolute Gasteiger partial charge is 0.379 e. The summed E-state index contributed by atoms with van der Waals surface area (Å²) < 4.78 is 5.42. The van der Waals surface area contributed by atoms with E-state index in [4.69, 9.17) is 4.74 Å². The van der Waals surface area contributed by atoms with Crippen molar-refractivity contribution in [1.29, 1.82) is 0 Å². The molecule has 134 valence electrons. The summed E-state index contributed by atoms with van der Waals surface area (Å²) in [7, 11) is 0. The molecule has 4 rings (SSSR count). The molecule has 1 atom stereocenters. The fourth-order valence-electron chi connectivity index (χ4n) is 3.86. The minimum Gasteiger partial charge on any atom is -0.379 e. The molecule has 2 aromatic rings. The van der Waals surface area contributed by atoms with E-state index in [0.717, 1.165) is 69.7 Å². The Bertz CT molecular complexity index is 725. The molecule has 7 nitrogen and oxygen atoms in total. The van der Waals surface area contributed by atoms with Gasteiger partial charge in [0.15, 0.2) is 0 Å². The maximum Gasteiger partial charge on any atom is 0.254 e. The lowest BCUT2D eigenvalue weighted by atomic mass is 9.97. The predicted molar refractivity (Wildman–Crippen MR) is 94.4 cm³/mol. The Kier molecular flexibility index (Phi) is 4.94. The maximum atomic E-state index is 13.1. The number of amides is 1. The number of piperidine rings is 1. The number of nitrogens with one attached hydrogen (secondary N) is 1. The molecule has 0 spiro atoms. The molecular weight excluding hydrogens is 318 g/mol. The highest BCUT2D eigenvalue weighted by Gasteiger charge is 2.28. The third kappa shape index (κ3) is 3.67. The van der Waals surface area contributed by atoms with E-state index in [1.807, 2.05) is 18.2 Å². The van der Waals surface area contributed by atoms with Gasteiger partial charge in [0.25, 0.3) is 5.91 Å². The number of hydrogen-bond acceptors (Lipinski definition) is 5. The maximum absolute atomic E-state index is 13.1. The quantitative estimate of drug-likeness (QED) is 0.914. The first-order valence-corrected chi connectivity index (χ1v) is 9.23. The lowest BCUT2D eigenvalue weighted by Gasteiger charge is -2.37. The van der Waals surface area contributed by atoms with Crippen LogP contribution in [0.2, 0.25) is 0 Å². The summed E-state index contributed by atoms with van der Waals surface area (Å²) in [4.78, 5) is 17.6. The molecule has 0 saturated carbocycles. The van der Waals surface area contributed by atoms with Crippen LogP contribution in [0.1, 0.15) is 36.0 Å². The van der Waals surface area contributed by atoms with Crippen molar-refractivity contribution in [3.63, 3.8) is 0 Å². The number of fused-ring (bicyclic) bond motifs is 1. The number of carbonyl (C=O) groups is 1. The topological polar surface area (TPSA) is 74.4 Å². The minimum atomic E-state index is 0.122. The smallest absolute Gasteiger partial charge is 0.254 e. The Hall–Kier alpha value is -1.99. The molecule has 1 N–H and O–H groups in total. The number of rotatable bonds is 4. The van der Waals surface area contributed by atoms with Gasteiger partial charge in [-0.1, -0.05) is 0 Å². The van der Waals surface area contributed by atoms with Crippen LogP contribution in [0.5, 0.6) is 0 Å². The molecule has 3 heterocycles. The molecule has 2 aliphatic heterocycles. The molecule has 1 amide bonds. The molecule has 0 radical (unpaired) electrons. The Morgan fingerprint density at radius 1 is 1.16 bits per heavy atom. The van der Waals surface area contributed by atoms with Crippen molar-refractivity contribution in [3.05, 3.63) is 23.8 Å². The van der Waals surface area contributed by atoms with Gasteiger partial charge in [0.2, 0.25) is 0 Å². The lowest BCUT2D eigenvalue weighted by molar-refractivity contribution is 0.0296. The highest BCUT2D eigenvalue weighted by atomic mass is 16.5. The van der Waals surface area contributed by atoms with Crippen LogP contribution < -0.4 is 0 Å². The average molecular weight is 343 g/mol. The third-order valence-corrected chi connectivity index (χ3v) is 5.33. The molecule has 2 saturated heterocycles. The molecule has 1 aromatic carbocycles. The summed E-state index contributed by atoms with van der Waals surface area (Å²) in [5.74, 6) is 0.122. The van der Waals surface area contributed by atoms with E-state index in [9.17, 15) is 4.79 Å². The second-order valence-electron chi connectivity index (χ2n) is 6.92. The molecule has 0 aliphatic carbocycles. The van der Waals surface area contributed by atoms with E-state index in [1.165, 1.54) is 6.42 Å². The number of nitrogens with zero attached hydrogens (tertiary/aromatic N) is 4. The number of aromatic amines is 1. The number of likely N-dealkylation sites (tertiary alicyclic amines) is 1. The second-order valence-corrected chi connectivity index (χ2v) is 6.92. The summed E-state index contributed by atoms with van der Waals surface area (Å²) in [6.07, 6.45) is 4.44. The number of H-pyrrole nitrogens is 1. The number of morpholine rings is 1. The first-order valence-electron chi connectivity index (χ1n) is 9.23. The van der Waals surface area contributed by atoms with Crippen molar-refractivity contribution in [2.45, 2.75) is 31.7 Å². The summed E-state index contributed by atoms with van der Waals surface area (Å²) >= 11 is 0. The molecule has 2 fully saturated rings. The summed E-state index contributed by atoms with van der Waals surface area (Å²) in [5, 5.41) is 10.8. The predicted octanol–water partition coefficient (Wildman–Crippen LogP) is 1.67. The van der Waals surface area contributed by atoms with Crippen molar-refractivity contribution in [2.75, 3.05) is 39.4 Å². The van der Waals surface area contributed by atoms with Gasteiger partial charge < -0.3 is 9.64 Å². The number of benzene rings is 1. The SMILES string of the molecule is O=C(c1ccc2n[nH]nc2c1)N1CCCC[C@@H]1CCN1CCOCC1. The van der Waals surface area contributed by atoms with Crippen LogP contribution in [0.25, 0.3) is 11.0 Å². The Balaban J connectivity index is 1.44. The molecule has 25 heavy (non-hydrogen) atoms. The van der Waals surface area contributed by atoms with Crippen molar-refractivity contribution >= 4 is 16.9 Å². The number of aromatic nitrogens is 3. The van der Waals surface area contributed by atoms with Crippen molar-refractivity contribution < 1.29 is 9.53 Å². The minimum absolute atomic E-state index is 0.122. The average Bonchev–Trinajstić information content (AvgIpc) is 3.14. The first-order chi connectivity index (χ1) is 12.3. The number of ether oxygens (including phenoxy) is 1. The highest BCUT2D eigenvalue weighted by molar-refractivity contribution is 5.97. The molecule has 0 bridgehead atoms. The van der Waals surface area contributed by atoms with Crippen LogP contribution >= 0.6 is 0 Å². The zero-order chi connectivity index (χ0) is 17.1. The van der Waals surface area contributed by atoms with E-state index >= 15 is 0 Å². The fraction of sp³-hybridized carbons (Fsp3) is 0.611. The first kappa shape index (κ1) is 16.5. The lowest BCUT2D eigenvalue weighted by Crippen LogP contribution is -2.46. The summed E-state index contributed by atoms with van der Waals surface area (Å²) in [5.41, 5.74) is 2.24. The van der Waals surface area contributed by atoms with Crippen LogP contribution in [0.15, 0.2) is 18.2 Å². The van der Waals surface area contributed by atoms with E-state index in [1.54, 1.807) is 0 Å². The van der Waals surface area contributed by atoms with Crippen molar-refractivity contribution in [1.82, 2.24) is 25.2 Å². The van der Waals surface area contributed by atoms with Crippen LogP contribution in [0.4, 0.5) is 0 Å². The van der Waals surface area contributed by atoms with Gasteiger partial charge >= 0.3 is 0 Å². The molecule has 2 aliphatic rings. The molecule has 1 aromatic heterocycles. The van der Waals surface area contributed by atoms with E-state index in [-0.39, 0.29) is 5.91 Å². The van der Waals surface area contributed by atoms with Crippen LogP contribution in [-0.4, -0.2) is 76.6 Å². The van der Waals surface area contributed by atoms with Gasteiger partial charge in [0.1, 0.15) is 11.0 Å². The monoisotopic (exact) mass is 343 g/mol. The molecular formula is C18H25N5O2. The highest BCUT2D eigenvalue weighted by Crippen LogP contribution is 2.23. The van der Waals surface area contributed by atoms with E-state index in [0.29, 0.717) is 11.6 Å². The second kappa shape index (κ2) is 7.49.